The molecule has 1 spiro atoms. The number of fused-ring (bicyclic) bond motifs is 2. The fraction of sp³-hybridized carbons (Fsp3) is 0.467. The second-order valence-electron chi connectivity index (χ2n) is 5.95. The number of nitrogens with two attached hydrogens (primary N) is 1. The van der Waals surface area contributed by atoms with Crippen LogP contribution in [0, 0.1) is 0 Å². The first-order valence-electron chi connectivity index (χ1n) is 7.35. The van der Waals surface area contributed by atoms with Gasteiger partial charge in [-0.15, -0.1) is 0 Å². The first kappa shape index (κ1) is 16.9. The predicted molar refractivity (Wildman–Crippen MR) is 81.5 cm³/mol. The number of rotatable bonds is 1. The van der Waals surface area contributed by atoms with Crippen LogP contribution in [0.1, 0.15) is 28.8 Å². The first-order valence-corrected chi connectivity index (χ1v) is 8.51. The van der Waals surface area contributed by atoms with Crippen molar-refractivity contribution in [3.8, 4) is 0 Å². The van der Waals surface area contributed by atoms with Crippen LogP contribution in [0.25, 0.3) is 0 Å². The van der Waals surface area contributed by atoms with Crippen LogP contribution in [0.5, 0.6) is 0 Å². The van der Waals surface area contributed by atoms with Crippen LogP contribution < -0.4 is 5.73 Å². The van der Waals surface area contributed by atoms with Gasteiger partial charge in [0, 0.05) is 22.3 Å². The minimum atomic E-state index is -5.01. The van der Waals surface area contributed by atoms with Gasteiger partial charge in [0.05, 0.1) is 5.41 Å². The smallest absolute Gasteiger partial charge is 0.366 e. The van der Waals surface area contributed by atoms with E-state index in [1.807, 2.05) is 0 Å². The molecule has 2 N–H and O–H groups in total. The van der Waals surface area contributed by atoms with E-state index in [0.717, 1.165) is 34.6 Å². The van der Waals surface area contributed by atoms with Gasteiger partial charge in [-0.3, -0.25) is 9.59 Å². The maximum Gasteiger partial charge on any atom is 0.479 e. The summed E-state index contributed by atoms with van der Waals surface area (Å²) in [6.45, 7) is 0.201. The number of halogens is 3. The Kier molecular flexibility index (Phi) is 4.15. The van der Waals surface area contributed by atoms with E-state index in [1.54, 1.807) is 17.8 Å². The topological polar surface area (TPSA) is 75.5 Å². The third-order valence-corrected chi connectivity index (χ3v) is 5.47. The molecule has 0 aromatic heterocycles. The molecule has 1 aromatic rings. The Morgan fingerprint density at radius 2 is 1.92 bits per heavy atom. The maximum absolute atomic E-state index is 12.5. The number of carbonyl (C=O) groups is 2. The lowest BCUT2D eigenvalue weighted by molar-refractivity contribution is -0.507. The fourth-order valence-corrected chi connectivity index (χ4v) is 4.52. The van der Waals surface area contributed by atoms with Crippen molar-refractivity contribution in [2.45, 2.75) is 24.4 Å². The summed E-state index contributed by atoms with van der Waals surface area (Å²) >= 11 is 1.77. The van der Waals surface area contributed by atoms with Crippen LogP contribution in [0.15, 0.2) is 23.3 Å². The lowest BCUT2D eigenvalue weighted by Crippen LogP contribution is -2.34. The molecule has 1 saturated heterocycles. The second kappa shape index (κ2) is 5.87. The van der Waals surface area contributed by atoms with Gasteiger partial charge in [0.1, 0.15) is 0 Å². The number of azo groups is 2. The maximum atomic E-state index is 12.5. The summed E-state index contributed by atoms with van der Waals surface area (Å²) in [4.78, 5) is 22.7. The molecule has 5 nitrogen and oxygen atoms in total. The minimum Gasteiger partial charge on any atom is -0.366 e. The lowest BCUT2D eigenvalue weighted by Gasteiger charge is -2.29. The third-order valence-electron chi connectivity index (χ3n) is 4.49. The molecule has 0 radical (unpaired) electrons. The van der Waals surface area contributed by atoms with Crippen molar-refractivity contribution in [2.24, 2.45) is 10.8 Å². The van der Waals surface area contributed by atoms with Gasteiger partial charge >= 0.3 is 12.1 Å². The van der Waals surface area contributed by atoms with Crippen molar-refractivity contribution in [1.29, 1.82) is 0 Å². The van der Waals surface area contributed by atoms with Crippen molar-refractivity contribution >= 4 is 29.3 Å². The number of nitrogens with zero attached hydrogens (tertiary/aromatic N) is 2. The molecule has 0 aliphatic carbocycles. The van der Waals surface area contributed by atoms with Crippen molar-refractivity contribution in [1.82, 2.24) is 0 Å². The molecule has 1 aromatic carbocycles. The molecule has 2 heterocycles. The number of benzene rings is 1. The summed E-state index contributed by atoms with van der Waals surface area (Å²) in [7, 11) is 0. The number of thioether (sulfide) groups is 1. The van der Waals surface area contributed by atoms with Gasteiger partial charge in [-0.1, -0.05) is 4.70 Å². The highest BCUT2D eigenvalue weighted by Crippen LogP contribution is 2.48. The molecule has 0 saturated carbocycles. The standard InChI is InChI=1S/C15H14F3N3O2S/c16-15(17,18)13(23)20-21-8-14(3-5-24-6-4-14)10-7-9(12(19)22)1-2-11(10)21/h1-2,7H,3-6,8H2,(H-,19,22)/p+1. The molecule has 2 aliphatic rings. The summed E-state index contributed by atoms with van der Waals surface area (Å²) in [6, 6.07) is 4.58. The molecule has 9 heteroatoms. The average Bonchev–Trinajstić information content (AvgIpc) is 2.80. The van der Waals surface area contributed by atoms with Crippen LogP contribution in [-0.2, 0) is 10.2 Å². The summed E-state index contributed by atoms with van der Waals surface area (Å²) in [5.41, 5.74) is 6.40. The Bertz CT molecular complexity index is 740. The van der Waals surface area contributed by atoms with Crippen LogP contribution in [-0.4, -0.2) is 40.7 Å². The monoisotopic (exact) mass is 358 g/mol. The zero-order valence-electron chi connectivity index (χ0n) is 12.6. The van der Waals surface area contributed by atoms with Crippen LogP contribution in [0.2, 0.25) is 0 Å². The van der Waals surface area contributed by atoms with Gasteiger partial charge in [-0.05, 0) is 36.5 Å². The van der Waals surface area contributed by atoms with E-state index in [0.29, 0.717) is 11.3 Å². The Morgan fingerprint density at radius 3 is 2.50 bits per heavy atom. The zero-order valence-corrected chi connectivity index (χ0v) is 13.4. The van der Waals surface area contributed by atoms with Crippen molar-refractivity contribution < 1.29 is 27.5 Å². The molecular formula is C15H15F3N3O2S+. The fourth-order valence-electron chi connectivity index (χ4n) is 3.24. The normalized spacial score (nSPS) is 21.0. The number of hydrogen-bond acceptors (Lipinski definition) is 3. The van der Waals surface area contributed by atoms with Gasteiger partial charge in [-0.2, -0.15) is 24.9 Å². The summed E-state index contributed by atoms with van der Waals surface area (Å²) in [6.07, 6.45) is -3.51. The van der Waals surface area contributed by atoms with Gasteiger partial charge in [0.25, 0.3) is 0 Å². The van der Waals surface area contributed by atoms with E-state index in [4.69, 9.17) is 5.73 Å². The predicted octanol–water partition coefficient (Wildman–Crippen LogP) is 2.75. The summed E-state index contributed by atoms with van der Waals surface area (Å²) in [5.74, 6) is -1.00. The first-order chi connectivity index (χ1) is 11.2. The van der Waals surface area contributed by atoms with Crippen molar-refractivity contribution in [3.05, 3.63) is 29.3 Å². The molecular weight excluding hydrogens is 343 g/mol. The molecule has 0 unspecified atom stereocenters. The number of hydrogen-bond donors (Lipinski definition) is 1. The summed E-state index contributed by atoms with van der Waals surface area (Å²) in [5, 5.41) is 3.26. The minimum absolute atomic E-state index is 0.201. The number of amides is 2. The molecule has 3 rings (SSSR count). The van der Waals surface area contributed by atoms with E-state index in [9.17, 15) is 22.8 Å². The van der Waals surface area contributed by atoms with E-state index >= 15 is 0 Å². The Morgan fingerprint density at radius 1 is 1.25 bits per heavy atom. The molecule has 2 aliphatic heterocycles. The number of alkyl halides is 3. The van der Waals surface area contributed by atoms with Crippen LogP contribution in [0.4, 0.5) is 18.9 Å². The molecule has 24 heavy (non-hydrogen) atoms. The Labute approximate surface area is 140 Å². The van der Waals surface area contributed by atoms with E-state index in [-0.39, 0.29) is 6.54 Å². The molecule has 0 atom stereocenters. The van der Waals surface area contributed by atoms with E-state index < -0.39 is 23.4 Å². The number of carbonyl (C=O) groups excluding carboxylic acids is 2. The average molecular weight is 358 g/mol. The van der Waals surface area contributed by atoms with Gasteiger partial charge in [-0.25, -0.2) is 0 Å². The van der Waals surface area contributed by atoms with Crippen LogP contribution >= 0.6 is 11.8 Å². The highest BCUT2D eigenvalue weighted by atomic mass is 32.2. The number of primary amides is 1. The quantitative estimate of drug-likeness (QED) is 0.785. The molecule has 0 bridgehead atoms. The largest absolute Gasteiger partial charge is 0.479 e. The summed E-state index contributed by atoms with van der Waals surface area (Å²) < 4.78 is 38.8. The SMILES string of the molecule is NC(=O)c1ccc2c(c1)C1(CCSCC1)C[N+]2=NC(=O)C(F)(F)F. The highest BCUT2D eigenvalue weighted by molar-refractivity contribution is 7.99. The van der Waals surface area contributed by atoms with Crippen molar-refractivity contribution in [2.75, 3.05) is 18.1 Å². The zero-order chi connectivity index (χ0) is 17.5. The van der Waals surface area contributed by atoms with E-state index in [2.05, 4.69) is 5.11 Å². The van der Waals surface area contributed by atoms with Gasteiger partial charge in [0.2, 0.25) is 11.6 Å². The Hall–Kier alpha value is -1.90. The molecule has 1 fully saturated rings. The second-order valence-corrected chi connectivity index (χ2v) is 7.17. The Balaban J connectivity index is 2.10. The van der Waals surface area contributed by atoms with Gasteiger partial charge < -0.3 is 5.73 Å². The molecule has 2 amide bonds. The lowest BCUT2D eigenvalue weighted by atomic mass is 9.77. The van der Waals surface area contributed by atoms with Crippen LogP contribution in [0.3, 0.4) is 0 Å². The molecule has 128 valence electrons. The third kappa shape index (κ3) is 2.92. The van der Waals surface area contributed by atoms with Gasteiger partial charge in [0.15, 0.2) is 6.54 Å². The van der Waals surface area contributed by atoms with Crippen molar-refractivity contribution in [3.63, 3.8) is 0 Å². The van der Waals surface area contributed by atoms with E-state index in [1.165, 1.54) is 12.1 Å². The highest BCUT2D eigenvalue weighted by Gasteiger charge is 2.51.